The number of amides is 1. The lowest BCUT2D eigenvalue weighted by Gasteiger charge is -2.08. The van der Waals surface area contributed by atoms with Gasteiger partial charge in [0, 0.05) is 13.5 Å². The molecule has 0 bridgehead atoms. The van der Waals surface area contributed by atoms with Crippen LogP contribution in [-0.2, 0) is 11.8 Å². The molecule has 0 radical (unpaired) electrons. The molecule has 1 aromatic rings. The van der Waals surface area contributed by atoms with Gasteiger partial charge in [0.2, 0.25) is 5.91 Å². The van der Waals surface area contributed by atoms with Crippen LogP contribution < -0.4 is 11.5 Å². The maximum absolute atomic E-state index is 10.6. The molecular weight excluding hydrogens is 192 g/mol. The van der Waals surface area contributed by atoms with E-state index in [4.69, 9.17) is 23.1 Å². The third-order valence-electron chi connectivity index (χ3n) is 1.72. The van der Waals surface area contributed by atoms with E-state index < -0.39 is 11.9 Å². The summed E-state index contributed by atoms with van der Waals surface area (Å²) in [5.41, 5.74) is 10.7. The molecule has 4 N–H and O–H groups in total. The molecular formula is C7H11ClN4O. The van der Waals surface area contributed by atoms with Crippen LogP contribution in [0, 0.1) is 0 Å². The Morgan fingerprint density at radius 1 is 1.85 bits per heavy atom. The molecule has 72 valence electrons. The largest absolute Gasteiger partial charge is 0.370 e. The van der Waals surface area contributed by atoms with E-state index in [0.717, 1.165) is 0 Å². The number of hydrogen-bond acceptors (Lipinski definition) is 3. The van der Waals surface area contributed by atoms with Crippen molar-refractivity contribution in [3.05, 3.63) is 17.2 Å². The normalized spacial score (nSPS) is 12.8. The SMILES string of the molecule is Cn1c(Cl)cnc1C(N)CC(N)=O. The monoisotopic (exact) mass is 202 g/mol. The first-order valence-electron chi connectivity index (χ1n) is 3.73. The molecule has 0 saturated heterocycles. The van der Waals surface area contributed by atoms with Gasteiger partial charge in [0.1, 0.15) is 11.0 Å². The molecule has 5 nitrogen and oxygen atoms in total. The fourth-order valence-corrected chi connectivity index (χ4v) is 1.19. The third-order valence-corrected chi connectivity index (χ3v) is 2.07. The standard InChI is InChI=1S/C7H11ClN4O/c1-12-5(8)3-11-7(12)4(9)2-6(10)13/h3-4H,2,9H2,1H3,(H2,10,13). The van der Waals surface area contributed by atoms with Gasteiger partial charge in [-0.15, -0.1) is 0 Å². The maximum atomic E-state index is 10.6. The first-order valence-corrected chi connectivity index (χ1v) is 4.11. The van der Waals surface area contributed by atoms with Crippen molar-refractivity contribution in [2.45, 2.75) is 12.5 Å². The number of carbonyl (C=O) groups excluding carboxylic acids is 1. The average Bonchev–Trinajstić information content (AvgIpc) is 2.31. The van der Waals surface area contributed by atoms with Crippen molar-refractivity contribution < 1.29 is 4.79 Å². The fourth-order valence-electron chi connectivity index (χ4n) is 1.05. The summed E-state index contributed by atoms with van der Waals surface area (Å²) >= 11 is 5.74. The van der Waals surface area contributed by atoms with E-state index in [1.54, 1.807) is 11.6 Å². The molecule has 1 aromatic heterocycles. The Hall–Kier alpha value is -1.07. The zero-order chi connectivity index (χ0) is 10.0. The minimum atomic E-state index is -0.491. The summed E-state index contributed by atoms with van der Waals surface area (Å²) in [5.74, 6) is 0.107. The maximum Gasteiger partial charge on any atom is 0.219 e. The Bertz CT molecular complexity index is 322. The quantitative estimate of drug-likeness (QED) is 0.721. The molecule has 1 heterocycles. The van der Waals surface area contributed by atoms with Gasteiger partial charge in [-0.05, 0) is 0 Å². The van der Waals surface area contributed by atoms with E-state index in [2.05, 4.69) is 4.98 Å². The van der Waals surface area contributed by atoms with E-state index >= 15 is 0 Å². The van der Waals surface area contributed by atoms with Gasteiger partial charge in [-0.2, -0.15) is 0 Å². The zero-order valence-electron chi connectivity index (χ0n) is 7.20. The topological polar surface area (TPSA) is 86.9 Å². The molecule has 1 amide bonds. The molecule has 0 saturated carbocycles. The van der Waals surface area contributed by atoms with Crippen molar-refractivity contribution in [1.82, 2.24) is 9.55 Å². The Morgan fingerprint density at radius 2 is 2.46 bits per heavy atom. The molecule has 6 heteroatoms. The van der Waals surface area contributed by atoms with Crippen molar-refractivity contribution in [1.29, 1.82) is 0 Å². The Morgan fingerprint density at radius 3 is 2.85 bits per heavy atom. The molecule has 0 spiro atoms. The predicted molar refractivity (Wildman–Crippen MR) is 49.0 cm³/mol. The molecule has 1 atom stereocenters. The number of imidazole rings is 1. The molecule has 1 rings (SSSR count). The second kappa shape index (κ2) is 3.76. The number of carbonyl (C=O) groups is 1. The van der Waals surface area contributed by atoms with E-state index in [1.165, 1.54) is 6.20 Å². The molecule has 1 unspecified atom stereocenters. The molecule has 0 aliphatic heterocycles. The molecule has 0 fully saturated rings. The summed E-state index contributed by atoms with van der Waals surface area (Å²) in [6.45, 7) is 0. The van der Waals surface area contributed by atoms with Gasteiger partial charge in [-0.1, -0.05) is 11.6 Å². The summed E-state index contributed by atoms with van der Waals surface area (Å²) in [5, 5.41) is 0.481. The van der Waals surface area contributed by atoms with Gasteiger partial charge in [0.15, 0.2) is 0 Å². The van der Waals surface area contributed by atoms with Crippen molar-refractivity contribution in [3.63, 3.8) is 0 Å². The Labute approximate surface area is 80.7 Å². The summed E-state index contributed by atoms with van der Waals surface area (Å²) in [6, 6.07) is -0.491. The lowest BCUT2D eigenvalue weighted by molar-refractivity contribution is -0.118. The van der Waals surface area contributed by atoms with Crippen molar-refractivity contribution in [2.75, 3.05) is 0 Å². The molecule has 13 heavy (non-hydrogen) atoms. The van der Waals surface area contributed by atoms with E-state index in [0.29, 0.717) is 11.0 Å². The smallest absolute Gasteiger partial charge is 0.219 e. The lowest BCUT2D eigenvalue weighted by atomic mass is 10.2. The van der Waals surface area contributed by atoms with Crippen LogP contribution in [0.4, 0.5) is 0 Å². The van der Waals surface area contributed by atoms with Gasteiger partial charge in [0.05, 0.1) is 12.2 Å². The molecule has 0 aliphatic carbocycles. The second-order valence-electron chi connectivity index (χ2n) is 2.78. The highest BCUT2D eigenvalue weighted by Gasteiger charge is 2.15. The van der Waals surface area contributed by atoms with Crippen LogP contribution in [0.25, 0.3) is 0 Å². The van der Waals surface area contributed by atoms with Crippen molar-refractivity contribution in [3.8, 4) is 0 Å². The van der Waals surface area contributed by atoms with Crippen LogP contribution in [0.5, 0.6) is 0 Å². The minimum absolute atomic E-state index is 0.0706. The first-order chi connectivity index (χ1) is 6.02. The number of nitrogens with two attached hydrogens (primary N) is 2. The predicted octanol–water partition coefficient (Wildman–Crippen LogP) is -0.0513. The number of nitrogens with zero attached hydrogens (tertiary/aromatic N) is 2. The number of halogens is 1. The van der Waals surface area contributed by atoms with Crippen LogP contribution in [0.15, 0.2) is 6.20 Å². The van der Waals surface area contributed by atoms with Crippen LogP contribution >= 0.6 is 11.6 Å². The second-order valence-corrected chi connectivity index (χ2v) is 3.16. The zero-order valence-corrected chi connectivity index (χ0v) is 7.95. The molecule has 0 aliphatic rings. The van der Waals surface area contributed by atoms with E-state index in [9.17, 15) is 4.79 Å². The Kier molecular flexibility index (Phi) is 2.90. The van der Waals surface area contributed by atoms with Gasteiger partial charge in [-0.3, -0.25) is 4.79 Å². The number of rotatable bonds is 3. The lowest BCUT2D eigenvalue weighted by Crippen LogP contribution is -2.23. The highest BCUT2D eigenvalue weighted by molar-refractivity contribution is 6.29. The highest BCUT2D eigenvalue weighted by Crippen LogP contribution is 2.16. The highest BCUT2D eigenvalue weighted by atomic mass is 35.5. The minimum Gasteiger partial charge on any atom is -0.370 e. The van der Waals surface area contributed by atoms with Crippen molar-refractivity contribution >= 4 is 17.5 Å². The number of hydrogen-bond donors (Lipinski definition) is 2. The summed E-state index contributed by atoms with van der Waals surface area (Å²) in [6.07, 6.45) is 1.55. The van der Waals surface area contributed by atoms with E-state index in [-0.39, 0.29) is 6.42 Å². The first kappa shape index (κ1) is 10.0. The molecule has 0 aromatic carbocycles. The van der Waals surface area contributed by atoms with E-state index in [1.807, 2.05) is 0 Å². The van der Waals surface area contributed by atoms with Crippen molar-refractivity contribution in [2.24, 2.45) is 18.5 Å². The van der Waals surface area contributed by atoms with Crippen LogP contribution in [0.3, 0.4) is 0 Å². The summed E-state index contributed by atoms with van der Waals surface area (Å²) in [7, 11) is 1.73. The summed E-state index contributed by atoms with van der Waals surface area (Å²) < 4.78 is 1.62. The summed E-state index contributed by atoms with van der Waals surface area (Å²) in [4.78, 5) is 14.5. The average molecular weight is 203 g/mol. The van der Waals surface area contributed by atoms with Gasteiger partial charge < -0.3 is 16.0 Å². The van der Waals surface area contributed by atoms with Crippen LogP contribution in [-0.4, -0.2) is 15.5 Å². The van der Waals surface area contributed by atoms with Crippen LogP contribution in [0.2, 0.25) is 5.15 Å². The van der Waals surface area contributed by atoms with Gasteiger partial charge in [-0.25, -0.2) is 4.98 Å². The van der Waals surface area contributed by atoms with Gasteiger partial charge >= 0.3 is 0 Å². The number of primary amides is 1. The van der Waals surface area contributed by atoms with Gasteiger partial charge in [0.25, 0.3) is 0 Å². The number of aromatic nitrogens is 2. The van der Waals surface area contributed by atoms with Crippen LogP contribution in [0.1, 0.15) is 18.3 Å². The Balaban J connectivity index is 2.82. The fraction of sp³-hybridized carbons (Fsp3) is 0.429. The third kappa shape index (κ3) is 2.19.